The van der Waals surface area contributed by atoms with Crippen molar-refractivity contribution in [2.24, 2.45) is 0 Å². The van der Waals surface area contributed by atoms with Gasteiger partial charge in [-0.25, -0.2) is 5.43 Å². The summed E-state index contributed by atoms with van der Waals surface area (Å²) in [5, 5.41) is 15.5. The second kappa shape index (κ2) is 18.7. The van der Waals surface area contributed by atoms with E-state index in [4.69, 9.17) is 4.74 Å². The standard InChI is InChI=1S/C19H26N6O.3C2H6.2CH4/c1-13-8-20-6-5-14-3-4-15(7-18(14)26-13)16-9-21-19(22-10-16)24-17-11-23-25(2)12-17;3*1-2;;/h3-7,9,12-13,19-24H,8,10-11H2,1-2H3;3*1-2H3;2*1H4/t13-,19?;;;;;/m1...../s1. The molecule has 0 saturated carbocycles. The fourth-order valence-electron chi connectivity index (χ4n) is 3.21. The summed E-state index contributed by atoms with van der Waals surface area (Å²) in [6, 6.07) is 6.37. The van der Waals surface area contributed by atoms with Gasteiger partial charge in [0.25, 0.3) is 0 Å². The fourth-order valence-corrected chi connectivity index (χ4v) is 3.21. The average molecular weight is 477 g/mol. The summed E-state index contributed by atoms with van der Waals surface area (Å²) in [7, 11) is 1.99. The Morgan fingerprint density at radius 1 is 1.03 bits per heavy atom. The van der Waals surface area contributed by atoms with E-state index >= 15 is 0 Å². The van der Waals surface area contributed by atoms with Gasteiger partial charge in [0.1, 0.15) is 11.9 Å². The molecule has 1 aromatic rings. The molecule has 7 heteroatoms. The number of fused-ring (bicyclic) bond motifs is 1. The molecule has 5 N–H and O–H groups in total. The van der Waals surface area contributed by atoms with Crippen LogP contribution in [0.4, 0.5) is 0 Å². The number of nitrogens with zero attached hydrogens (tertiary/aromatic N) is 1. The topological polar surface area (TPSA) is 72.6 Å². The molecule has 2 atom stereocenters. The van der Waals surface area contributed by atoms with E-state index in [9.17, 15) is 0 Å². The maximum Gasteiger partial charge on any atom is 0.152 e. The first-order chi connectivity index (χ1) is 15.7. The predicted molar refractivity (Wildman–Crippen MR) is 151 cm³/mol. The van der Waals surface area contributed by atoms with E-state index in [0.29, 0.717) is 0 Å². The lowest BCUT2D eigenvalue weighted by molar-refractivity contribution is 0.221. The zero-order valence-electron chi connectivity index (χ0n) is 21.2. The Hall–Kier alpha value is -2.64. The molecule has 4 rings (SSSR count). The number of hydrazine groups is 1. The average Bonchev–Trinajstić information content (AvgIpc) is 3.25. The first-order valence-corrected chi connectivity index (χ1v) is 12.0. The number of nitrogens with one attached hydrogen (secondary N) is 5. The summed E-state index contributed by atoms with van der Waals surface area (Å²) in [6.07, 6.45) is 8.32. The molecule has 3 aliphatic rings. The van der Waals surface area contributed by atoms with Gasteiger partial charge in [0.05, 0.1) is 13.1 Å². The molecular formula is C27H52N6O. The number of rotatable bonds is 3. The molecule has 3 heterocycles. The molecule has 0 fully saturated rings. The van der Waals surface area contributed by atoms with Crippen LogP contribution >= 0.6 is 0 Å². The molecule has 0 spiro atoms. The Morgan fingerprint density at radius 2 is 1.74 bits per heavy atom. The van der Waals surface area contributed by atoms with Gasteiger partial charge in [-0.05, 0) is 36.4 Å². The Balaban J connectivity index is 0. The first-order valence-electron chi connectivity index (χ1n) is 12.0. The third-order valence-electron chi connectivity index (χ3n) is 4.62. The highest BCUT2D eigenvalue weighted by Gasteiger charge is 2.18. The number of benzene rings is 1. The van der Waals surface area contributed by atoms with E-state index in [2.05, 4.69) is 70.3 Å². The van der Waals surface area contributed by atoms with Crippen LogP contribution in [0.5, 0.6) is 5.75 Å². The molecule has 0 bridgehead atoms. The van der Waals surface area contributed by atoms with Crippen LogP contribution in [0, 0.1) is 0 Å². The normalized spacial score (nSPS) is 19.6. The van der Waals surface area contributed by atoms with Gasteiger partial charge in [-0.3, -0.25) is 5.32 Å². The molecule has 7 nitrogen and oxygen atoms in total. The molecule has 0 aliphatic carbocycles. The third-order valence-corrected chi connectivity index (χ3v) is 4.62. The highest BCUT2D eigenvalue weighted by molar-refractivity contribution is 5.71. The maximum absolute atomic E-state index is 6.07. The lowest BCUT2D eigenvalue weighted by atomic mass is 10.0. The van der Waals surface area contributed by atoms with Gasteiger partial charge in [-0.1, -0.05) is 68.5 Å². The smallest absolute Gasteiger partial charge is 0.152 e. The fraction of sp³-hybridized carbons (Fsp3) is 0.556. The van der Waals surface area contributed by atoms with Crippen LogP contribution < -0.4 is 31.4 Å². The summed E-state index contributed by atoms with van der Waals surface area (Å²) in [4.78, 5) is 0. The minimum absolute atomic E-state index is 0. The highest BCUT2D eigenvalue weighted by atomic mass is 16.5. The Morgan fingerprint density at radius 3 is 2.32 bits per heavy atom. The molecule has 3 aliphatic heterocycles. The number of hydrogen-bond acceptors (Lipinski definition) is 7. The molecule has 0 amide bonds. The molecular weight excluding hydrogens is 424 g/mol. The minimum atomic E-state index is 0. The van der Waals surface area contributed by atoms with Gasteiger partial charge >= 0.3 is 0 Å². The maximum atomic E-state index is 6.07. The monoisotopic (exact) mass is 476 g/mol. The molecule has 1 aromatic carbocycles. The Bertz CT molecular complexity index is 759. The summed E-state index contributed by atoms with van der Waals surface area (Å²) < 4.78 is 6.07. The summed E-state index contributed by atoms with van der Waals surface area (Å²) >= 11 is 0. The van der Waals surface area contributed by atoms with Crippen LogP contribution in [-0.4, -0.2) is 44.1 Å². The van der Waals surface area contributed by atoms with E-state index in [0.717, 1.165) is 42.2 Å². The molecule has 1 unspecified atom stereocenters. The van der Waals surface area contributed by atoms with Crippen molar-refractivity contribution in [2.45, 2.75) is 75.7 Å². The van der Waals surface area contributed by atoms with Crippen molar-refractivity contribution in [3.8, 4) is 5.75 Å². The summed E-state index contributed by atoms with van der Waals surface area (Å²) in [5.74, 6) is 0.930. The zero-order chi connectivity index (χ0) is 23.9. The summed E-state index contributed by atoms with van der Waals surface area (Å²) in [5.41, 5.74) is 7.84. The molecule has 34 heavy (non-hydrogen) atoms. The second-order valence-corrected chi connectivity index (χ2v) is 6.82. The van der Waals surface area contributed by atoms with Gasteiger partial charge in [-0.15, -0.1) is 0 Å². The van der Waals surface area contributed by atoms with E-state index < -0.39 is 0 Å². The van der Waals surface area contributed by atoms with Gasteiger partial charge < -0.3 is 25.7 Å². The zero-order valence-corrected chi connectivity index (χ0v) is 21.2. The van der Waals surface area contributed by atoms with Gasteiger partial charge in [-0.2, -0.15) is 0 Å². The van der Waals surface area contributed by atoms with E-state index in [1.54, 1.807) is 0 Å². The third kappa shape index (κ3) is 10.1. The molecule has 196 valence electrons. The van der Waals surface area contributed by atoms with Crippen LogP contribution in [0.2, 0.25) is 0 Å². The van der Waals surface area contributed by atoms with E-state index in [-0.39, 0.29) is 27.2 Å². The quantitative estimate of drug-likeness (QED) is 0.417. The number of hydrogen-bond donors (Lipinski definition) is 5. The van der Waals surface area contributed by atoms with Crippen LogP contribution in [0.3, 0.4) is 0 Å². The number of ether oxygens (including phenoxy) is 1. The van der Waals surface area contributed by atoms with Crippen molar-refractivity contribution in [1.82, 2.24) is 31.7 Å². The molecule has 0 aromatic heterocycles. The Kier molecular flexibility index (Phi) is 18.5. The largest absolute Gasteiger partial charge is 0.488 e. The first kappa shape index (κ1) is 33.5. The van der Waals surface area contributed by atoms with Crippen molar-refractivity contribution in [3.05, 3.63) is 53.6 Å². The van der Waals surface area contributed by atoms with Crippen molar-refractivity contribution < 1.29 is 4.74 Å². The second-order valence-electron chi connectivity index (χ2n) is 6.82. The van der Waals surface area contributed by atoms with Gasteiger partial charge in [0.15, 0.2) is 6.29 Å². The predicted octanol–water partition coefficient (Wildman–Crippen LogP) is 5.08. The van der Waals surface area contributed by atoms with Crippen molar-refractivity contribution in [3.63, 3.8) is 0 Å². The van der Waals surface area contributed by atoms with Crippen LogP contribution in [0.25, 0.3) is 11.6 Å². The Labute approximate surface area is 210 Å². The SMILES string of the molecule is C.C.CC.CC.CC.C[C@@H]1CNC=Cc2ccc(C3=CNC(NC4=CN(C)NC4)NC3)cc2O1. The molecule has 0 radical (unpaired) electrons. The lowest BCUT2D eigenvalue weighted by Gasteiger charge is -2.28. The van der Waals surface area contributed by atoms with Crippen LogP contribution in [0.15, 0.2) is 42.5 Å². The van der Waals surface area contributed by atoms with Crippen molar-refractivity contribution >= 4 is 11.6 Å². The van der Waals surface area contributed by atoms with Crippen LogP contribution in [0.1, 0.15) is 74.4 Å². The van der Waals surface area contributed by atoms with Crippen molar-refractivity contribution in [1.29, 1.82) is 0 Å². The minimum Gasteiger partial charge on any atom is -0.488 e. The lowest BCUT2D eigenvalue weighted by Crippen LogP contribution is -2.53. The summed E-state index contributed by atoms with van der Waals surface area (Å²) in [6.45, 7) is 16.5. The van der Waals surface area contributed by atoms with Crippen molar-refractivity contribution in [2.75, 3.05) is 26.7 Å². The van der Waals surface area contributed by atoms with E-state index in [1.165, 1.54) is 5.57 Å². The molecule has 0 saturated heterocycles. The van der Waals surface area contributed by atoms with Gasteiger partial charge in [0.2, 0.25) is 0 Å². The van der Waals surface area contributed by atoms with E-state index in [1.807, 2.05) is 59.8 Å². The van der Waals surface area contributed by atoms with Crippen LogP contribution in [-0.2, 0) is 0 Å². The highest BCUT2D eigenvalue weighted by Crippen LogP contribution is 2.27. The van der Waals surface area contributed by atoms with Gasteiger partial charge in [0, 0.05) is 37.3 Å².